The average Bonchev–Trinajstić information content (AvgIpc) is 2.66. The Labute approximate surface area is 168 Å². The van der Waals surface area contributed by atoms with E-state index in [1.807, 2.05) is 67.4 Å². The van der Waals surface area contributed by atoms with Gasteiger partial charge in [-0.1, -0.05) is 42.0 Å². The fraction of sp³-hybridized carbons (Fsp3) is 0.316. The Bertz CT molecular complexity index is 856. The fourth-order valence-corrected chi connectivity index (χ4v) is 3.48. The Morgan fingerprint density at radius 1 is 1.11 bits per heavy atom. The molecule has 1 atom stereocenters. The number of anilines is 1. The Hall–Kier alpha value is -2.07. The standard InChI is InChI=1S/C11H17NO5S2.C8H8O/c1-12(11-5-3-2-4-6-11)7-9-18(13)10-8-17-19(14,15)16;1-7-3-2-4-8(5-7)6-9/h2-6H,7-10H2,1H3,(H,14,15,16);2-6H,1H3. The maximum absolute atomic E-state index is 11.6. The van der Waals surface area contributed by atoms with Crippen LogP contribution in [0.5, 0.6) is 0 Å². The lowest BCUT2D eigenvalue weighted by atomic mass is 10.2. The molecule has 0 radical (unpaired) electrons. The second kappa shape index (κ2) is 12.4. The summed E-state index contributed by atoms with van der Waals surface area (Å²) in [7, 11) is -3.74. The van der Waals surface area contributed by atoms with Gasteiger partial charge in [0.1, 0.15) is 6.29 Å². The molecule has 2 rings (SSSR count). The second-order valence-corrected chi connectivity index (χ2v) is 8.67. The summed E-state index contributed by atoms with van der Waals surface area (Å²) in [6.07, 6.45) is 0.854. The minimum Gasteiger partial charge on any atom is -0.374 e. The van der Waals surface area contributed by atoms with E-state index in [9.17, 15) is 17.4 Å². The van der Waals surface area contributed by atoms with Crippen LogP contribution in [0.1, 0.15) is 15.9 Å². The van der Waals surface area contributed by atoms with Crippen LogP contribution in [0.25, 0.3) is 0 Å². The van der Waals surface area contributed by atoms with Gasteiger partial charge in [0.05, 0.1) is 6.61 Å². The number of benzene rings is 2. The minimum atomic E-state index is -4.44. The molecule has 0 spiro atoms. The van der Waals surface area contributed by atoms with Crippen molar-refractivity contribution in [1.82, 2.24) is 0 Å². The fourth-order valence-electron chi connectivity index (χ4n) is 2.13. The number of carbonyl (C=O) groups is 1. The zero-order valence-corrected chi connectivity index (χ0v) is 17.5. The number of para-hydroxylation sites is 1. The van der Waals surface area contributed by atoms with Crippen molar-refractivity contribution in [3.63, 3.8) is 0 Å². The Morgan fingerprint density at radius 3 is 2.32 bits per heavy atom. The van der Waals surface area contributed by atoms with Gasteiger partial charge in [0, 0.05) is 47.1 Å². The molecule has 2 aromatic carbocycles. The molecular formula is C19H25NO6S2. The summed E-state index contributed by atoms with van der Waals surface area (Å²) in [6, 6.07) is 17.1. The summed E-state index contributed by atoms with van der Waals surface area (Å²) in [5.74, 6) is 0.475. The van der Waals surface area contributed by atoms with Crippen LogP contribution in [0.2, 0.25) is 0 Å². The third kappa shape index (κ3) is 10.9. The summed E-state index contributed by atoms with van der Waals surface area (Å²) >= 11 is 0. The Balaban J connectivity index is 0.000000362. The number of aldehydes is 1. The van der Waals surface area contributed by atoms with Crippen LogP contribution in [-0.4, -0.2) is 55.2 Å². The number of hydrogen-bond donors (Lipinski definition) is 1. The van der Waals surface area contributed by atoms with E-state index in [4.69, 9.17) is 4.55 Å². The quantitative estimate of drug-likeness (QED) is 0.485. The average molecular weight is 428 g/mol. The molecule has 0 aliphatic heterocycles. The van der Waals surface area contributed by atoms with Crippen molar-refractivity contribution in [3.8, 4) is 0 Å². The van der Waals surface area contributed by atoms with Gasteiger partial charge in [-0.05, 0) is 25.1 Å². The van der Waals surface area contributed by atoms with Crippen LogP contribution >= 0.6 is 0 Å². The molecule has 2 aromatic rings. The van der Waals surface area contributed by atoms with Gasteiger partial charge in [0.2, 0.25) is 0 Å². The number of rotatable bonds is 9. The number of aryl methyl sites for hydroxylation is 1. The maximum Gasteiger partial charge on any atom is 0.397 e. The van der Waals surface area contributed by atoms with Gasteiger partial charge in [-0.3, -0.25) is 13.6 Å². The lowest BCUT2D eigenvalue weighted by Crippen LogP contribution is -2.24. The zero-order valence-electron chi connectivity index (χ0n) is 15.9. The van der Waals surface area contributed by atoms with E-state index in [0.29, 0.717) is 12.3 Å². The molecule has 0 bridgehead atoms. The number of carbonyl (C=O) groups excluding carboxylic acids is 1. The highest BCUT2D eigenvalue weighted by Gasteiger charge is 2.08. The van der Waals surface area contributed by atoms with E-state index >= 15 is 0 Å². The van der Waals surface area contributed by atoms with Gasteiger partial charge in [-0.2, -0.15) is 8.42 Å². The smallest absolute Gasteiger partial charge is 0.374 e. The van der Waals surface area contributed by atoms with E-state index in [2.05, 4.69) is 4.18 Å². The predicted molar refractivity (Wildman–Crippen MR) is 112 cm³/mol. The third-order valence-corrected chi connectivity index (χ3v) is 5.30. The monoisotopic (exact) mass is 427 g/mol. The molecule has 0 fully saturated rings. The maximum atomic E-state index is 11.6. The molecule has 0 aliphatic rings. The molecule has 1 N–H and O–H groups in total. The summed E-state index contributed by atoms with van der Waals surface area (Å²) in [4.78, 5) is 12.1. The first-order valence-electron chi connectivity index (χ1n) is 8.46. The van der Waals surface area contributed by atoms with Crippen molar-refractivity contribution in [1.29, 1.82) is 0 Å². The molecule has 0 aromatic heterocycles. The van der Waals surface area contributed by atoms with Crippen molar-refractivity contribution >= 4 is 33.2 Å². The van der Waals surface area contributed by atoms with Crippen molar-refractivity contribution in [2.75, 3.05) is 36.6 Å². The first kappa shape index (κ1) is 24.0. The molecule has 154 valence electrons. The molecule has 1 unspecified atom stereocenters. The van der Waals surface area contributed by atoms with E-state index in [1.165, 1.54) is 0 Å². The van der Waals surface area contributed by atoms with Crippen LogP contribution in [0.15, 0.2) is 54.6 Å². The van der Waals surface area contributed by atoms with Gasteiger partial charge in [-0.15, -0.1) is 0 Å². The molecule has 0 heterocycles. The topological polar surface area (TPSA) is 101 Å². The van der Waals surface area contributed by atoms with E-state index in [-0.39, 0.29) is 12.4 Å². The molecular weight excluding hydrogens is 402 g/mol. The summed E-state index contributed by atoms with van der Waals surface area (Å²) in [6.45, 7) is 2.27. The van der Waals surface area contributed by atoms with Gasteiger partial charge in [-0.25, -0.2) is 4.18 Å². The lowest BCUT2D eigenvalue weighted by Gasteiger charge is -2.18. The van der Waals surface area contributed by atoms with Crippen molar-refractivity contribution in [2.24, 2.45) is 0 Å². The minimum absolute atomic E-state index is 0.0718. The van der Waals surface area contributed by atoms with E-state index in [1.54, 1.807) is 6.07 Å². The van der Waals surface area contributed by atoms with Gasteiger partial charge in [0.15, 0.2) is 0 Å². The molecule has 0 saturated carbocycles. The first-order valence-corrected chi connectivity index (χ1v) is 11.3. The van der Waals surface area contributed by atoms with Crippen LogP contribution in [0.3, 0.4) is 0 Å². The highest BCUT2D eigenvalue weighted by Crippen LogP contribution is 2.10. The highest BCUT2D eigenvalue weighted by molar-refractivity contribution is 7.85. The molecule has 9 heteroatoms. The van der Waals surface area contributed by atoms with Crippen LogP contribution in [0.4, 0.5) is 5.69 Å². The number of hydrogen-bond acceptors (Lipinski definition) is 6. The van der Waals surface area contributed by atoms with Crippen molar-refractivity contribution in [2.45, 2.75) is 6.92 Å². The van der Waals surface area contributed by atoms with Crippen molar-refractivity contribution < 1.29 is 26.2 Å². The summed E-state index contributed by atoms with van der Waals surface area (Å²) in [5.41, 5.74) is 2.89. The largest absolute Gasteiger partial charge is 0.397 e. The zero-order chi connectivity index (χ0) is 21.0. The normalized spacial score (nSPS) is 11.8. The van der Waals surface area contributed by atoms with Gasteiger partial charge in [0.25, 0.3) is 0 Å². The van der Waals surface area contributed by atoms with Gasteiger partial charge >= 0.3 is 10.4 Å². The molecule has 0 aliphatic carbocycles. The predicted octanol–water partition coefficient (Wildman–Crippen LogP) is 2.50. The van der Waals surface area contributed by atoms with Crippen molar-refractivity contribution in [3.05, 3.63) is 65.7 Å². The van der Waals surface area contributed by atoms with Gasteiger partial charge < -0.3 is 4.90 Å². The molecule has 7 nitrogen and oxygen atoms in total. The Kier molecular flexibility index (Phi) is 10.6. The lowest BCUT2D eigenvalue weighted by molar-refractivity contribution is 0.112. The van der Waals surface area contributed by atoms with Crippen LogP contribution < -0.4 is 4.90 Å². The SMILES string of the molecule is CN(CCS(=O)CCOS(=O)(=O)O)c1ccccc1.Cc1cccc(C=O)c1. The number of nitrogens with zero attached hydrogens (tertiary/aromatic N) is 1. The highest BCUT2D eigenvalue weighted by atomic mass is 32.3. The van der Waals surface area contributed by atoms with Crippen LogP contribution in [0, 0.1) is 6.92 Å². The van der Waals surface area contributed by atoms with Crippen LogP contribution in [-0.2, 0) is 25.4 Å². The van der Waals surface area contributed by atoms with E-state index < -0.39 is 21.2 Å². The molecule has 0 saturated heterocycles. The molecule has 28 heavy (non-hydrogen) atoms. The first-order chi connectivity index (χ1) is 13.2. The summed E-state index contributed by atoms with van der Waals surface area (Å²) < 4.78 is 44.6. The summed E-state index contributed by atoms with van der Waals surface area (Å²) in [5, 5.41) is 0. The third-order valence-electron chi connectivity index (χ3n) is 3.57. The Morgan fingerprint density at radius 2 is 1.79 bits per heavy atom. The van der Waals surface area contributed by atoms with E-state index in [0.717, 1.165) is 23.1 Å². The second-order valence-electron chi connectivity index (χ2n) is 5.89. The molecule has 0 amide bonds.